The van der Waals surface area contributed by atoms with Gasteiger partial charge in [-0.25, -0.2) is 0 Å². The molecular weight excluding hydrogens is 236 g/mol. The molecule has 0 heterocycles. The Balaban J connectivity index is 2.95. The van der Waals surface area contributed by atoms with E-state index in [-0.39, 0.29) is 11.5 Å². The zero-order valence-corrected chi connectivity index (χ0v) is 12.5. The molecular formula is C16H28N2O. The van der Waals surface area contributed by atoms with E-state index in [0.717, 1.165) is 25.9 Å². The third-order valence-corrected chi connectivity index (χ3v) is 4.11. The summed E-state index contributed by atoms with van der Waals surface area (Å²) in [5.41, 5.74) is 4.34. The molecule has 0 radical (unpaired) electrons. The third kappa shape index (κ3) is 3.78. The molecule has 0 saturated heterocycles. The van der Waals surface area contributed by atoms with Crippen molar-refractivity contribution in [2.24, 2.45) is 5.84 Å². The summed E-state index contributed by atoms with van der Waals surface area (Å²) in [6, 6.07) is 10.8. The Hall–Kier alpha value is -0.900. The predicted octanol–water partition coefficient (Wildman–Crippen LogP) is 3.00. The second kappa shape index (κ2) is 8.31. The van der Waals surface area contributed by atoms with Gasteiger partial charge in [-0.3, -0.25) is 11.3 Å². The van der Waals surface area contributed by atoms with Gasteiger partial charge in [0.2, 0.25) is 0 Å². The van der Waals surface area contributed by atoms with Gasteiger partial charge in [0, 0.05) is 12.0 Å². The maximum Gasteiger partial charge on any atom is 0.0641 e. The summed E-state index contributed by atoms with van der Waals surface area (Å²) < 4.78 is 5.72. The monoisotopic (exact) mass is 264 g/mol. The van der Waals surface area contributed by atoms with E-state index in [1.165, 1.54) is 5.56 Å². The van der Waals surface area contributed by atoms with Crippen molar-refractivity contribution in [1.29, 1.82) is 0 Å². The average molecular weight is 264 g/mol. The minimum Gasteiger partial charge on any atom is -0.380 e. The van der Waals surface area contributed by atoms with E-state index in [1.54, 1.807) is 0 Å². The molecule has 0 aliphatic carbocycles. The fraction of sp³-hybridized carbons (Fsp3) is 0.625. The van der Waals surface area contributed by atoms with Crippen molar-refractivity contribution in [3.63, 3.8) is 0 Å². The second-order valence-corrected chi connectivity index (χ2v) is 5.02. The number of ether oxygens (including phenoxy) is 1. The molecule has 0 amide bonds. The van der Waals surface area contributed by atoms with Gasteiger partial charge in [0.15, 0.2) is 0 Å². The lowest BCUT2D eigenvalue weighted by molar-refractivity contribution is 0.0800. The lowest BCUT2D eigenvalue weighted by Crippen LogP contribution is -2.53. The van der Waals surface area contributed by atoms with Gasteiger partial charge in [-0.2, -0.15) is 0 Å². The Bertz CT molecular complexity index is 336. The van der Waals surface area contributed by atoms with E-state index in [9.17, 15) is 0 Å². The largest absolute Gasteiger partial charge is 0.380 e. The number of hydrogen-bond donors (Lipinski definition) is 2. The minimum absolute atomic E-state index is 0.0315. The first-order chi connectivity index (χ1) is 9.25. The van der Waals surface area contributed by atoms with Crippen molar-refractivity contribution in [2.45, 2.75) is 51.5 Å². The van der Waals surface area contributed by atoms with Crippen LogP contribution in [0.5, 0.6) is 0 Å². The summed E-state index contributed by atoms with van der Waals surface area (Å²) in [6.45, 7) is 8.01. The number of hydrazine groups is 1. The van der Waals surface area contributed by atoms with Crippen molar-refractivity contribution in [1.82, 2.24) is 5.43 Å². The predicted molar refractivity (Wildman–Crippen MR) is 80.9 cm³/mol. The fourth-order valence-electron chi connectivity index (χ4n) is 2.83. The standard InChI is InChI=1S/C16H28N2O/c1-4-12-19-13-15(18-17)16(5-2,6-3)14-10-8-7-9-11-14/h7-11,15,18H,4-6,12-13,17H2,1-3H3. The van der Waals surface area contributed by atoms with Crippen molar-refractivity contribution in [2.75, 3.05) is 13.2 Å². The zero-order chi connectivity index (χ0) is 14.1. The molecule has 1 atom stereocenters. The molecule has 0 spiro atoms. The van der Waals surface area contributed by atoms with E-state index in [2.05, 4.69) is 56.5 Å². The van der Waals surface area contributed by atoms with Crippen molar-refractivity contribution >= 4 is 0 Å². The molecule has 0 bridgehead atoms. The molecule has 0 fully saturated rings. The molecule has 0 aromatic heterocycles. The van der Waals surface area contributed by atoms with Crippen LogP contribution in [-0.2, 0) is 10.2 Å². The molecule has 0 aliphatic rings. The normalized spacial score (nSPS) is 13.5. The summed E-state index contributed by atoms with van der Waals surface area (Å²) in [4.78, 5) is 0. The summed E-state index contributed by atoms with van der Waals surface area (Å²) >= 11 is 0. The van der Waals surface area contributed by atoms with Crippen LogP contribution in [-0.4, -0.2) is 19.3 Å². The SMILES string of the molecule is CCCOCC(NN)C(CC)(CC)c1ccccc1. The quantitative estimate of drug-likeness (QED) is 0.409. The fourth-order valence-corrected chi connectivity index (χ4v) is 2.83. The molecule has 3 N–H and O–H groups in total. The minimum atomic E-state index is 0.0315. The molecule has 1 aromatic rings. The molecule has 0 saturated carbocycles. The highest BCUT2D eigenvalue weighted by molar-refractivity contribution is 5.27. The first-order valence-corrected chi connectivity index (χ1v) is 7.34. The molecule has 19 heavy (non-hydrogen) atoms. The van der Waals surface area contributed by atoms with E-state index >= 15 is 0 Å². The van der Waals surface area contributed by atoms with Gasteiger partial charge in [0.05, 0.1) is 12.6 Å². The smallest absolute Gasteiger partial charge is 0.0641 e. The van der Waals surface area contributed by atoms with Crippen LogP contribution in [0.4, 0.5) is 0 Å². The average Bonchev–Trinajstić information content (AvgIpc) is 2.48. The first kappa shape index (κ1) is 16.2. The Labute approximate surface area is 117 Å². The number of nitrogens with two attached hydrogens (primary N) is 1. The van der Waals surface area contributed by atoms with Crippen LogP contribution < -0.4 is 11.3 Å². The highest BCUT2D eigenvalue weighted by Gasteiger charge is 2.36. The van der Waals surface area contributed by atoms with Crippen LogP contribution in [0.2, 0.25) is 0 Å². The Kier molecular flexibility index (Phi) is 7.06. The Morgan fingerprint density at radius 3 is 2.26 bits per heavy atom. The molecule has 3 heteroatoms. The van der Waals surface area contributed by atoms with Crippen LogP contribution >= 0.6 is 0 Å². The molecule has 108 valence electrons. The Morgan fingerprint density at radius 2 is 1.79 bits per heavy atom. The van der Waals surface area contributed by atoms with Crippen LogP contribution in [0.15, 0.2) is 30.3 Å². The van der Waals surface area contributed by atoms with Crippen molar-refractivity contribution < 1.29 is 4.74 Å². The topological polar surface area (TPSA) is 47.3 Å². The lowest BCUT2D eigenvalue weighted by atomic mass is 9.70. The van der Waals surface area contributed by atoms with Crippen LogP contribution in [0.3, 0.4) is 0 Å². The maximum absolute atomic E-state index is 5.80. The molecule has 0 aliphatic heterocycles. The summed E-state index contributed by atoms with van der Waals surface area (Å²) in [6.07, 6.45) is 3.11. The summed E-state index contributed by atoms with van der Waals surface area (Å²) in [5, 5.41) is 0. The van der Waals surface area contributed by atoms with Gasteiger partial charge in [-0.1, -0.05) is 51.1 Å². The van der Waals surface area contributed by atoms with Crippen molar-refractivity contribution in [3.05, 3.63) is 35.9 Å². The second-order valence-electron chi connectivity index (χ2n) is 5.02. The number of rotatable bonds is 9. The van der Waals surface area contributed by atoms with Crippen LogP contribution in [0.25, 0.3) is 0 Å². The van der Waals surface area contributed by atoms with E-state index in [4.69, 9.17) is 10.6 Å². The highest BCUT2D eigenvalue weighted by atomic mass is 16.5. The molecule has 3 nitrogen and oxygen atoms in total. The molecule has 1 unspecified atom stereocenters. The van der Waals surface area contributed by atoms with Crippen molar-refractivity contribution in [3.8, 4) is 0 Å². The lowest BCUT2D eigenvalue weighted by Gasteiger charge is -2.39. The summed E-state index contributed by atoms with van der Waals surface area (Å²) in [5.74, 6) is 5.80. The van der Waals surface area contributed by atoms with Crippen LogP contribution in [0, 0.1) is 0 Å². The number of nitrogens with one attached hydrogen (secondary N) is 1. The third-order valence-electron chi connectivity index (χ3n) is 4.11. The van der Waals surface area contributed by atoms with Crippen LogP contribution in [0.1, 0.15) is 45.6 Å². The van der Waals surface area contributed by atoms with Gasteiger partial charge in [0.1, 0.15) is 0 Å². The maximum atomic E-state index is 5.80. The molecule has 1 aromatic carbocycles. The van der Waals surface area contributed by atoms with Gasteiger partial charge in [-0.15, -0.1) is 0 Å². The van der Waals surface area contributed by atoms with Gasteiger partial charge in [0.25, 0.3) is 0 Å². The highest BCUT2D eigenvalue weighted by Crippen LogP contribution is 2.35. The molecule has 1 rings (SSSR count). The number of hydrogen-bond acceptors (Lipinski definition) is 3. The Morgan fingerprint density at radius 1 is 1.16 bits per heavy atom. The number of benzene rings is 1. The van der Waals surface area contributed by atoms with E-state index < -0.39 is 0 Å². The van der Waals surface area contributed by atoms with E-state index in [1.807, 2.05) is 0 Å². The first-order valence-electron chi connectivity index (χ1n) is 7.34. The van der Waals surface area contributed by atoms with E-state index in [0.29, 0.717) is 6.61 Å². The summed E-state index contributed by atoms with van der Waals surface area (Å²) in [7, 11) is 0. The zero-order valence-electron chi connectivity index (χ0n) is 12.5. The van der Waals surface area contributed by atoms with Gasteiger partial charge in [-0.05, 0) is 24.8 Å². The van der Waals surface area contributed by atoms with Gasteiger partial charge < -0.3 is 4.74 Å². The van der Waals surface area contributed by atoms with Gasteiger partial charge >= 0.3 is 0 Å².